The number of nitrogens with one attached hydrogen (secondary N) is 2. The monoisotopic (exact) mass is 458 g/mol. The molecule has 0 unspecified atom stereocenters. The molecule has 0 saturated heterocycles. The molecular formula is C24H34N4O3S. The average molecular weight is 459 g/mol. The molecule has 2 heterocycles. The maximum Gasteiger partial charge on any atom is 0.253 e. The number of hydrogen-bond donors (Lipinski definition) is 2. The molecule has 1 aromatic carbocycles. The van der Waals surface area contributed by atoms with E-state index < -0.39 is 0 Å². The lowest BCUT2D eigenvalue weighted by Gasteiger charge is -2.31. The van der Waals surface area contributed by atoms with Crippen LogP contribution in [0, 0.1) is 0 Å². The molecule has 0 amide bonds. The van der Waals surface area contributed by atoms with E-state index in [0.717, 1.165) is 54.1 Å². The highest BCUT2D eigenvalue weighted by Gasteiger charge is 2.19. The maximum absolute atomic E-state index is 12.9. The fourth-order valence-electron chi connectivity index (χ4n) is 4.45. The lowest BCUT2D eigenvalue weighted by atomic mass is 9.96. The number of aromatic amines is 1. The van der Waals surface area contributed by atoms with E-state index in [9.17, 15) is 4.79 Å². The van der Waals surface area contributed by atoms with Gasteiger partial charge in [0.05, 0.1) is 12.1 Å². The molecule has 0 bridgehead atoms. The second-order valence-corrected chi connectivity index (χ2v) is 9.46. The Morgan fingerprint density at radius 2 is 1.81 bits per heavy atom. The predicted molar refractivity (Wildman–Crippen MR) is 132 cm³/mol. The highest BCUT2D eigenvalue weighted by molar-refractivity contribution is 7.80. The van der Waals surface area contributed by atoms with Crippen LogP contribution in [0.2, 0.25) is 0 Å². The molecule has 1 fully saturated rings. The van der Waals surface area contributed by atoms with Gasteiger partial charge in [-0.15, -0.1) is 0 Å². The van der Waals surface area contributed by atoms with Crippen molar-refractivity contribution >= 4 is 28.2 Å². The number of benzene rings is 1. The quantitative estimate of drug-likeness (QED) is 0.617. The van der Waals surface area contributed by atoms with Crippen molar-refractivity contribution in [3.05, 3.63) is 34.1 Å². The number of nitrogens with zero attached hydrogens (tertiary/aromatic N) is 2. The highest BCUT2D eigenvalue weighted by atomic mass is 32.1. The van der Waals surface area contributed by atoms with Crippen molar-refractivity contribution in [3.8, 4) is 11.5 Å². The molecule has 2 N–H and O–H groups in total. The minimum absolute atomic E-state index is 0.0905. The molecule has 1 aliphatic heterocycles. The second-order valence-electron chi connectivity index (χ2n) is 9.07. The Labute approximate surface area is 195 Å². The fraction of sp³-hybridized carbons (Fsp3) is 0.583. The van der Waals surface area contributed by atoms with Crippen LogP contribution in [0.15, 0.2) is 23.0 Å². The number of aromatic nitrogens is 1. The summed E-state index contributed by atoms with van der Waals surface area (Å²) in [5.74, 6) is 1.40. The van der Waals surface area contributed by atoms with E-state index in [0.29, 0.717) is 37.1 Å². The topological polar surface area (TPSA) is 69.8 Å². The smallest absolute Gasteiger partial charge is 0.253 e. The zero-order chi connectivity index (χ0) is 22.5. The van der Waals surface area contributed by atoms with Crippen molar-refractivity contribution < 1.29 is 9.47 Å². The van der Waals surface area contributed by atoms with Crippen LogP contribution < -0.4 is 20.3 Å². The summed E-state index contributed by atoms with van der Waals surface area (Å²) in [6.45, 7) is 3.31. The Hall–Kier alpha value is -2.32. The lowest BCUT2D eigenvalue weighted by Crippen LogP contribution is -2.46. The van der Waals surface area contributed by atoms with Crippen LogP contribution in [0.1, 0.15) is 44.1 Å². The largest absolute Gasteiger partial charge is 0.486 e. The first kappa shape index (κ1) is 22.9. The summed E-state index contributed by atoms with van der Waals surface area (Å²) in [7, 11) is 4.15. The number of hydrogen-bond acceptors (Lipinski definition) is 5. The van der Waals surface area contributed by atoms with E-state index in [4.69, 9.17) is 21.7 Å². The first-order valence-corrected chi connectivity index (χ1v) is 12.1. The summed E-state index contributed by atoms with van der Waals surface area (Å²) in [6.07, 6.45) is 7.11. The molecule has 32 heavy (non-hydrogen) atoms. The number of fused-ring (bicyclic) bond motifs is 2. The van der Waals surface area contributed by atoms with Gasteiger partial charge in [0.2, 0.25) is 0 Å². The van der Waals surface area contributed by atoms with Crippen molar-refractivity contribution in [2.75, 3.05) is 40.4 Å². The van der Waals surface area contributed by atoms with E-state index >= 15 is 0 Å². The van der Waals surface area contributed by atoms with Crippen LogP contribution in [0.5, 0.6) is 11.5 Å². The van der Waals surface area contributed by atoms with Crippen LogP contribution in [0.3, 0.4) is 0 Å². The third-order valence-corrected chi connectivity index (χ3v) is 6.57. The summed E-state index contributed by atoms with van der Waals surface area (Å²) in [4.78, 5) is 20.2. The summed E-state index contributed by atoms with van der Waals surface area (Å²) >= 11 is 5.81. The van der Waals surface area contributed by atoms with Crippen LogP contribution in [-0.4, -0.2) is 66.3 Å². The van der Waals surface area contributed by atoms with Crippen molar-refractivity contribution in [2.24, 2.45) is 0 Å². The molecule has 1 saturated carbocycles. The molecule has 7 nitrogen and oxygen atoms in total. The molecule has 0 atom stereocenters. The van der Waals surface area contributed by atoms with Gasteiger partial charge < -0.3 is 29.6 Å². The van der Waals surface area contributed by atoms with Gasteiger partial charge in [0.1, 0.15) is 13.2 Å². The van der Waals surface area contributed by atoms with Gasteiger partial charge in [0, 0.05) is 29.6 Å². The van der Waals surface area contributed by atoms with Gasteiger partial charge in [0.25, 0.3) is 5.56 Å². The number of H-pyrrole nitrogens is 1. The van der Waals surface area contributed by atoms with Gasteiger partial charge in [-0.05, 0) is 64.3 Å². The number of ether oxygens (including phenoxy) is 2. The molecule has 4 rings (SSSR count). The minimum Gasteiger partial charge on any atom is -0.486 e. The third-order valence-electron chi connectivity index (χ3n) is 6.20. The first-order chi connectivity index (χ1) is 15.5. The average Bonchev–Trinajstić information content (AvgIpc) is 2.78. The van der Waals surface area contributed by atoms with E-state index in [-0.39, 0.29) is 5.56 Å². The fourth-order valence-corrected chi connectivity index (χ4v) is 4.78. The summed E-state index contributed by atoms with van der Waals surface area (Å²) in [5, 5.41) is 5.25. The minimum atomic E-state index is -0.0905. The molecule has 0 spiro atoms. The number of thiocarbonyl (C=S) groups is 1. The van der Waals surface area contributed by atoms with E-state index in [1.165, 1.54) is 19.3 Å². The number of rotatable bonds is 7. The Morgan fingerprint density at radius 3 is 2.53 bits per heavy atom. The molecule has 174 valence electrons. The van der Waals surface area contributed by atoms with Crippen molar-refractivity contribution in [1.29, 1.82) is 0 Å². The van der Waals surface area contributed by atoms with Gasteiger partial charge in [-0.25, -0.2) is 0 Å². The second kappa shape index (κ2) is 10.5. The lowest BCUT2D eigenvalue weighted by molar-refractivity contribution is 0.172. The molecule has 1 aliphatic carbocycles. The van der Waals surface area contributed by atoms with Gasteiger partial charge >= 0.3 is 0 Å². The summed E-state index contributed by atoms with van der Waals surface area (Å²) in [6, 6.07) is 6.18. The van der Waals surface area contributed by atoms with Gasteiger partial charge in [-0.1, -0.05) is 19.3 Å². The van der Waals surface area contributed by atoms with Gasteiger partial charge in [0.15, 0.2) is 16.6 Å². The normalized spacial score (nSPS) is 16.3. The van der Waals surface area contributed by atoms with Crippen molar-refractivity contribution in [1.82, 2.24) is 20.1 Å². The molecular weight excluding hydrogens is 424 g/mol. The molecule has 0 radical (unpaired) electrons. The highest BCUT2D eigenvalue weighted by Crippen LogP contribution is 2.33. The van der Waals surface area contributed by atoms with E-state index in [2.05, 4.69) is 34.2 Å². The third kappa shape index (κ3) is 5.72. The molecule has 2 aliphatic rings. The zero-order valence-electron chi connectivity index (χ0n) is 19.1. The standard InChI is InChI=1S/C24H34N4O3S/c1-27(2)9-6-10-28(24(32)25-19-7-4-3-5-8-19)16-18-13-17-14-21-22(31-12-11-30-21)15-20(17)26-23(18)29/h13-15,19H,3-12,16H2,1-2H3,(H,25,32)(H,26,29). The maximum atomic E-state index is 12.9. The molecule has 2 aromatic rings. The summed E-state index contributed by atoms with van der Waals surface area (Å²) < 4.78 is 11.4. The Bertz CT molecular complexity index is 1000. The predicted octanol–water partition coefficient (Wildman–Crippen LogP) is 3.26. The number of pyridine rings is 1. The van der Waals surface area contributed by atoms with E-state index in [1.54, 1.807) is 0 Å². The SMILES string of the molecule is CN(C)CCCN(Cc1cc2cc3c(cc2[nH]c1=O)OCCO3)C(=S)NC1CCCCC1. The first-order valence-electron chi connectivity index (χ1n) is 11.7. The molecule has 8 heteroatoms. The van der Waals surface area contributed by atoms with E-state index in [1.807, 2.05) is 18.2 Å². The van der Waals surface area contributed by atoms with Gasteiger partial charge in [-0.3, -0.25) is 4.79 Å². The van der Waals surface area contributed by atoms with Gasteiger partial charge in [-0.2, -0.15) is 0 Å². The van der Waals surface area contributed by atoms with Crippen molar-refractivity contribution in [3.63, 3.8) is 0 Å². The Morgan fingerprint density at radius 1 is 1.09 bits per heavy atom. The van der Waals surface area contributed by atoms with Crippen LogP contribution >= 0.6 is 12.2 Å². The summed E-state index contributed by atoms with van der Waals surface area (Å²) in [5.41, 5.74) is 1.36. The van der Waals surface area contributed by atoms with Crippen LogP contribution in [-0.2, 0) is 6.54 Å². The zero-order valence-corrected chi connectivity index (χ0v) is 19.9. The van der Waals surface area contributed by atoms with Crippen LogP contribution in [0.25, 0.3) is 10.9 Å². The Balaban J connectivity index is 1.54. The van der Waals surface area contributed by atoms with Crippen LogP contribution in [0.4, 0.5) is 0 Å². The van der Waals surface area contributed by atoms with Crippen molar-refractivity contribution in [2.45, 2.75) is 51.1 Å². The molecule has 1 aromatic heterocycles. The Kier molecular flexibility index (Phi) is 7.52.